The number of aromatic nitrogens is 1. The fourth-order valence-corrected chi connectivity index (χ4v) is 3.13. The summed E-state index contributed by atoms with van der Waals surface area (Å²) in [7, 11) is 0. The molecule has 1 aromatic heterocycles. The van der Waals surface area contributed by atoms with Crippen molar-refractivity contribution in [2.45, 2.75) is 13.0 Å². The summed E-state index contributed by atoms with van der Waals surface area (Å²) >= 11 is -0.109. The maximum atomic E-state index is 11.8. The number of carbonyl (C=O) groups excluding carboxylic acids is 2. The Balaban J connectivity index is 1.83. The second-order valence-corrected chi connectivity index (χ2v) is 6.21. The van der Waals surface area contributed by atoms with Crippen LogP contribution in [0.3, 0.4) is 0 Å². The van der Waals surface area contributed by atoms with E-state index in [9.17, 15) is 9.59 Å². The monoisotopic (exact) mass is 307 g/mol. The zero-order valence-corrected chi connectivity index (χ0v) is 11.5. The van der Waals surface area contributed by atoms with E-state index in [4.69, 9.17) is 0 Å². The van der Waals surface area contributed by atoms with Crippen LogP contribution in [0, 0.1) is 0 Å². The summed E-state index contributed by atoms with van der Waals surface area (Å²) in [6.07, 6.45) is 4.91. The van der Waals surface area contributed by atoms with Gasteiger partial charge in [-0.15, -0.1) is 0 Å². The van der Waals surface area contributed by atoms with Gasteiger partial charge in [-0.05, 0) is 0 Å². The first-order chi connectivity index (χ1) is 8.78. The number of nitrogens with zero attached hydrogens (tertiary/aromatic N) is 1. The Labute approximate surface area is 112 Å². The third kappa shape index (κ3) is 3.69. The molecule has 0 saturated heterocycles. The molecule has 2 aromatic rings. The van der Waals surface area contributed by atoms with E-state index in [0.29, 0.717) is 18.5 Å². The van der Waals surface area contributed by atoms with E-state index in [2.05, 4.69) is 0 Å². The quantitative estimate of drug-likeness (QED) is 0.595. The Morgan fingerprint density at radius 3 is 2.67 bits per heavy atom. The van der Waals surface area contributed by atoms with E-state index in [0.717, 1.165) is 10.7 Å². The summed E-state index contributed by atoms with van der Waals surface area (Å²) in [5.41, 5.74) is 0.649. The molecule has 3 nitrogen and oxygen atoms in total. The molecule has 2 rings (SSSR count). The SMILES string of the molecule is O=Cc1ccn(CCC(=O)[Se]c2ccccc2)c1. The summed E-state index contributed by atoms with van der Waals surface area (Å²) < 4.78 is 3.26. The predicted octanol–water partition coefficient (Wildman–Crippen LogP) is 1.25. The molecule has 0 aliphatic heterocycles. The van der Waals surface area contributed by atoms with Gasteiger partial charge in [-0.1, -0.05) is 0 Å². The molecule has 1 heterocycles. The molecule has 0 saturated carbocycles. The van der Waals surface area contributed by atoms with Gasteiger partial charge >= 0.3 is 112 Å². The van der Waals surface area contributed by atoms with E-state index in [-0.39, 0.29) is 19.6 Å². The number of rotatable bonds is 6. The number of hydrogen-bond acceptors (Lipinski definition) is 2. The second kappa shape index (κ2) is 6.33. The average molecular weight is 306 g/mol. The molecular formula is C14H13NO2Se. The molecule has 92 valence electrons. The molecule has 0 fully saturated rings. The van der Waals surface area contributed by atoms with Crippen molar-refractivity contribution < 1.29 is 9.59 Å². The first-order valence-electron chi connectivity index (χ1n) is 5.64. The Hall–Kier alpha value is -1.64. The molecule has 1 aromatic carbocycles. The molecule has 0 spiro atoms. The second-order valence-electron chi connectivity index (χ2n) is 3.84. The molecule has 0 radical (unpaired) electrons. The van der Waals surface area contributed by atoms with Crippen molar-refractivity contribution in [3.63, 3.8) is 0 Å². The summed E-state index contributed by atoms with van der Waals surface area (Å²) in [6, 6.07) is 11.6. The molecule has 0 amide bonds. The number of aryl methyl sites for hydroxylation is 1. The van der Waals surface area contributed by atoms with Crippen LogP contribution in [0.25, 0.3) is 0 Å². The fourth-order valence-electron chi connectivity index (χ4n) is 1.56. The number of carbonyl (C=O) groups is 2. The molecular weight excluding hydrogens is 293 g/mol. The van der Waals surface area contributed by atoms with Gasteiger partial charge in [0.1, 0.15) is 0 Å². The summed E-state index contributed by atoms with van der Waals surface area (Å²) in [4.78, 5) is 22.3. The molecule has 0 bridgehead atoms. The van der Waals surface area contributed by atoms with E-state index >= 15 is 0 Å². The zero-order chi connectivity index (χ0) is 12.8. The van der Waals surface area contributed by atoms with Crippen LogP contribution < -0.4 is 4.46 Å². The van der Waals surface area contributed by atoms with Gasteiger partial charge in [0.25, 0.3) is 0 Å². The topological polar surface area (TPSA) is 39.1 Å². The summed E-state index contributed by atoms with van der Waals surface area (Å²) in [6.45, 7) is 0.640. The Kier molecular flexibility index (Phi) is 4.51. The van der Waals surface area contributed by atoms with Gasteiger partial charge in [0.2, 0.25) is 0 Å². The minimum atomic E-state index is -0.109. The standard InChI is InChI=1S/C14H13NO2Se/c16-11-12-6-8-15(10-12)9-7-14(17)18-13-4-2-1-3-5-13/h1-6,8,10-11H,7,9H2. The molecule has 0 atom stereocenters. The van der Waals surface area contributed by atoms with Crippen LogP contribution in [0.15, 0.2) is 48.8 Å². The van der Waals surface area contributed by atoms with Crippen molar-refractivity contribution in [2.24, 2.45) is 0 Å². The van der Waals surface area contributed by atoms with Crippen LogP contribution >= 0.6 is 0 Å². The van der Waals surface area contributed by atoms with Crippen LogP contribution in [0.5, 0.6) is 0 Å². The predicted molar refractivity (Wildman–Crippen MR) is 71.3 cm³/mol. The van der Waals surface area contributed by atoms with E-state index in [1.807, 2.05) is 41.1 Å². The van der Waals surface area contributed by atoms with Crippen LogP contribution in [0.2, 0.25) is 0 Å². The Bertz CT molecular complexity index is 534. The minimum absolute atomic E-state index is 0.109. The third-order valence-corrected chi connectivity index (χ3v) is 4.43. The molecule has 0 N–H and O–H groups in total. The van der Waals surface area contributed by atoms with Gasteiger partial charge in [-0.3, -0.25) is 0 Å². The molecule has 18 heavy (non-hydrogen) atoms. The number of benzene rings is 1. The van der Waals surface area contributed by atoms with Crippen molar-refractivity contribution in [2.75, 3.05) is 0 Å². The van der Waals surface area contributed by atoms with Crippen molar-refractivity contribution in [1.29, 1.82) is 0 Å². The molecule has 0 unspecified atom stereocenters. The molecule has 0 aliphatic rings. The van der Waals surface area contributed by atoms with Crippen molar-refractivity contribution in [3.8, 4) is 0 Å². The van der Waals surface area contributed by atoms with Gasteiger partial charge in [-0.2, -0.15) is 0 Å². The van der Waals surface area contributed by atoms with E-state index in [1.165, 1.54) is 0 Å². The fraction of sp³-hybridized carbons (Fsp3) is 0.143. The normalized spacial score (nSPS) is 10.2. The molecule has 0 aliphatic carbocycles. The van der Waals surface area contributed by atoms with E-state index in [1.54, 1.807) is 12.3 Å². The number of hydrogen-bond donors (Lipinski definition) is 0. The Morgan fingerprint density at radius 2 is 2.00 bits per heavy atom. The van der Waals surface area contributed by atoms with Crippen LogP contribution in [-0.2, 0) is 11.3 Å². The van der Waals surface area contributed by atoms with Crippen molar-refractivity contribution in [3.05, 3.63) is 54.4 Å². The maximum absolute atomic E-state index is 11.8. The van der Waals surface area contributed by atoms with Crippen molar-refractivity contribution >= 4 is 30.4 Å². The first kappa shape index (κ1) is 12.8. The van der Waals surface area contributed by atoms with Gasteiger partial charge in [-0.25, -0.2) is 0 Å². The van der Waals surface area contributed by atoms with Crippen LogP contribution in [0.4, 0.5) is 0 Å². The third-order valence-electron chi connectivity index (χ3n) is 2.46. The average Bonchev–Trinajstić information content (AvgIpc) is 2.85. The van der Waals surface area contributed by atoms with E-state index < -0.39 is 0 Å². The van der Waals surface area contributed by atoms with Gasteiger partial charge in [0.05, 0.1) is 0 Å². The van der Waals surface area contributed by atoms with Crippen LogP contribution in [0.1, 0.15) is 16.8 Å². The first-order valence-corrected chi connectivity index (χ1v) is 7.36. The number of aldehydes is 1. The Morgan fingerprint density at radius 1 is 1.22 bits per heavy atom. The molecule has 4 heteroatoms. The van der Waals surface area contributed by atoms with Gasteiger partial charge < -0.3 is 0 Å². The van der Waals surface area contributed by atoms with Gasteiger partial charge in [0, 0.05) is 0 Å². The van der Waals surface area contributed by atoms with Gasteiger partial charge in [0.15, 0.2) is 0 Å². The summed E-state index contributed by atoms with van der Waals surface area (Å²) in [5, 5.41) is 0. The summed E-state index contributed by atoms with van der Waals surface area (Å²) in [5.74, 6) is 0. The van der Waals surface area contributed by atoms with Crippen molar-refractivity contribution in [1.82, 2.24) is 4.57 Å². The zero-order valence-electron chi connectivity index (χ0n) is 9.78. The van der Waals surface area contributed by atoms with Crippen LogP contribution in [-0.4, -0.2) is 30.5 Å².